The molecule has 0 spiro atoms. The summed E-state index contributed by atoms with van der Waals surface area (Å²) in [6.07, 6.45) is 0. The standard InChI is InChI=1S/C17H15NO2/c1-18(2)14-9-8-13-10-16(20-15(13)11-14)17(19)12-6-4-3-5-7-12/h3-11H,1-2H3. The maximum atomic E-state index is 12.3. The van der Waals surface area contributed by atoms with Crippen molar-refractivity contribution < 1.29 is 9.21 Å². The first kappa shape index (κ1) is 12.5. The average molecular weight is 265 g/mol. The van der Waals surface area contributed by atoms with Gasteiger partial charge in [-0.3, -0.25) is 4.79 Å². The number of fused-ring (bicyclic) bond motifs is 1. The number of carbonyl (C=O) groups is 1. The van der Waals surface area contributed by atoms with E-state index in [4.69, 9.17) is 4.42 Å². The number of rotatable bonds is 3. The number of nitrogens with zero attached hydrogens (tertiary/aromatic N) is 1. The molecule has 3 nitrogen and oxygen atoms in total. The molecule has 0 saturated heterocycles. The Labute approximate surface area is 117 Å². The van der Waals surface area contributed by atoms with Crippen LogP contribution in [0.25, 0.3) is 11.0 Å². The van der Waals surface area contributed by atoms with E-state index >= 15 is 0 Å². The summed E-state index contributed by atoms with van der Waals surface area (Å²) in [5.74, 6) is 0.287. The predicted octanol–water partition coefficient (Wildman–Crippen LogP) is 3.73. The second-order valence-corrected chi connectivity index (χ2v) is 4.92. The first-order chi connectivity index (χ1) is 9.65. The van der Waals surface area contributed by atoms with Gasteiger partial charge in [-0.05, 0) is 18.2 Å². The van der Waals surface area contributed by atoms with Gasteiger partial charge in [-0.2, -0.15) is 0 Å². The van der Waals surface area contributed by atoms with Gasteiger partial charge in [0.05, 0.1) is 0 Å². The van der Waals surface area contributed by atoms with E-state index in [9.17, 15) is 4.79 Å². The smallest absolute Gasteiger partial charge is 0.228 e. The Morgan fingerprint density at radius 1 is 1.00 bits per heavy atom. The van der Waals surface area contributed by atoms with Crippen molar-refractivity contribution in [3.05, 3.63) is 65.9 Å². The van der Waals surface area contributed by atoms with Crippen LogP contribution in [0, 0.1) is 0 Å². The highest BCUT2D eigenvalue weighted by molar-refractivity contribution is 6.09. The van der Waals surface area contributed by atoms with Crippen molar-refractivity contribution in [3.63, 3.8) is 0 Å². The Morgan fingerprint density at radius 2 is 1.75 bits per heavy atom. The van der Waals surface area contributed by atoms with Crippen LogP contribution in [-0.2, 0) is 0 Å². The van der Waals surface area contributed by atoms with Gasteiger partial charge in [-0.1, -0.05) is 30.3 Å². The molecule has 0 saturated carbocycles. The molecule has 0 bridgehead atoms. The normalized spacial score (nSPS) is 10.7. The second-order valence-electron chi connectivity index (χ2n) is 4.92. The molecule has 3 rings (SSSR count). The maximum absolute atomic E-state index is 12.3. The lowest BCUT2D eigenvalue weighted by Gasteiger charge is -2.11. The molecule has 1 heterocycles. The minimum Gasteiger partial charge on any atom is -0.452 e. The first-order valence-electron chi connectivity index (χ1n) is 6.46. The van der Waals surface area contributed by atoms with E-state index in [2.05, 4.69) is 0 Å². The monoisotopic (exact) mass is 265 g/mol. The van der Waals surface area contributed by atoms with E-state index in [-0.39, 0.29) is 5.78 Å². The van der Waals surface area contributed by atoms with Gasteiger partial charge in [0.15, 0.2) is 5.76 Å². The van der Waals surface area contributed by atoms with Gasteiger partial charge in [0.2, 0.25) is 5.78 Å². The molecule has 3 heteroatoms. The summed E-state index contributed by atoms with van der Waals surface area (Å²) in [4.78, 5) is 14.3. The molecule has 20 heavy (non-hydrogen) atoms. The maximum Gasteiger partial charge on any atom is 0.228 e. The van der Waals surface area contributed by atoms with Crippen LogP contribution in [0.15, 0.2) is 59.0 Å². The Morgan fingerprint density at radius 3 is 2.45 bits per heavy atom. The van der Waals surface area contributed by atoms with Gasteiger partial charge in [0.25, 0.3) is 0 Å². The number of benzene rings is 2. The molecular formula is C17H15NO2. The summed E-state index contributed by atoms with van der Waals surface area (Å²) in [6, 6.07) is 16.9. The van der Waals surface area contributed by atoms with E-state index in [0.29, 0.717) is 11.3 Å². The molecule has 0 amide bonds. The molecule has 0 fully saturated rings. The summed E-state index contributed by atoms with van der Waals surface area (Å²) in [6.45, 7) is 0. The van der Waals surface area contributed by atoms with Crippen LogP contribution in [0.4, 0.5) is 5.69 Å². The van der Waals surface area contributed by atoms with Crippen molar-refractivity contribution in [1.82, 2.24) is 0 Å². The molecule has 0 aliphatic rings. The SMILES string of the molecule is CN(C)c1ccc2cc(C(=O)c3ccccc3)oc2c1. The summed E-state index contributed by atoms with van der Waals surface area (Å²) in [5.41, 5.74) is 2.42. The number of hydrogen-bond donors (Lipinski definition) is 0. The van der Waals surface area contributed by atoms with Crippen LogP contribution in [0.2, 0.25) is 0 Å². The summed E-state index contributed by atoms with van der Waals surface area (Å²) < 4.78 is 5.70. The third-order valence-electron chi connectivity index (χ3n) is 3.28. The zero-order valence-electron chi connectivity index (χ0n) is 11.5. The fraction of sp³-hybridized carbons (Fsp3) is 0.118. The molecule has 0 radical (unpaired) electrons. The lowest BCUT2D eigenvalue weighted by Crippen LogP contribution is -2.07. The van der Waals surface area contributed by atoms with E-state index in [1.807, 2.05) is 55.4 Å². The van der Waals surface area contributed by atoms with Gasteiger partial charge in [0, 0.05) is 36.8 Å². The van der Waals surface area contributed by atoms with Gasteiger partial charge in [-0.15, -0.1) is 0 Å². The van der Waals surface area contributed by atoms with Crippen LogP contribution in [-0.4, -0.2) is 19.9 Å². The Bertz CT molecular complexity index is 757. The molecule has 3 aromatic rings. The fourth-order valence-electron chi connectivity index (χ4n) is 2.14. The van der Waals surface area contributed by atoms with Crippen LogP contribution >= 0.6 is 0 Å². The Kier molecular flexibility index (Phi) is 3.03. The molecule has 1 aromatic heterocycles. The van der Waals surface area contributed by atoms with Crippen molar-refractivity contribution in [2.75, 3.05) is 19.0 Å². The highest BCUT2D eigenvalue weighted by Gasteiger charge is 2.14. The van der Waals surface area contributed by atoms with Crippen LogP contribution in [0.1, 0.15) is 16.1 Å². The lowest BCUT2D eigenvalue weighted by atomic mass is 10.1. The van der Waals surface area contributed by atoms with Crippen molar-refractivity contribution >= 4 is 22.4 Å². The zero-order valence-corrected chi connectivity index (χ0v) is 11.5. The highest BCUT2D eigenvalue weighted by atomic mass is 16.3. The summed E-state index contributed by atoms with van der Waals surface area (Å²) in [7, 11) is 3.94. The highest BCUT2D eigenvalue weighted by Crippen LogP contribution is 2.25. The molecule has 2 aromatic carbocycles. The molecule has 0 N–H and O–H groups in total. The van der Waals surface area contributed by atoms with E-state index in [1.54, 1.807) is 18.2 Å². The number of carbonyl (C=O) groups excluding carboxylic acids is 1. The molecule has 0 aliphatic carbocycles. The van der Waals surface area contributed by atoms with Crippen molar-refractivity contribution in [3.8, 4) is 0 Å². The van der Waals surface area contributed by atoms with E-state index < -0.39 is 0 Å². The fourth-order valence-corrected chi connectivity index (χ4v) is 2.14. The minimum atomic E-state index is -0.0896. The van der Waals surface area contributed by atoms with Crippen molar-refractivity contribution in [2.24, 2.45) is 0 Å². The van der Waals surface area contributed by atoms with Crippen molar-refractivity contribution in [1.29, 1.82) is 0 Å². The zero-order chi connectivity index (χ0) is 14.1. The van der Waals surface area contributed by atoms with Gasteiger partial charge < -0.3 is 9.32 Å². The topological polar surface area (TPSA) is 33.5 Å². The molecular weight excluding hydrogens is 250 g/mol. The number of ketones is 1. The van der Waals surface area contributed by atoms with Crippen molar-refractivity contribution in [2.45, 2.75) is 0 Å². The van der Waals surface area contributed by atoms with Crippen LogP contribution in [0.5, 0.6) is 0 Å². The number of furan rings is 1. The van der Waals surface area contributed by atoms with E-state index in [1.165, 1.54) is 0 Å². The lowest BCUT2D eigenvalue weighted by molar-refractivity contribution is 0.101. The summed E-state index contributed by atoms with van der Waals surface area (Å²) >= 11 is 0. The minimum absolute atomic E-state index is 0.0896. The Balaban J connectivity index is 2.03. The quantitative estimate of drug-likeness (QED) is 0.676. The number of hydrogen-bond acceptors (Lipinski definition) is 3. The van der Waals surface area contributed by atoms with E-state index in [0.717, 1.165) is 16.7 Å². The first-order valence-corrected chi connectivity index (χ1v) is 6.46. The van der Waals surface area contributed by atoms with Crippen LogP contribution in [0.3, 0.4) is 0 Å². The van der Waals surface area contributed by atoms with Gasteiger partial charge in [0.1, 0.15) is 5.58 Å². The van der Waals surface area contributed by atoms with Gasteiger partial charge in [-0.25, -0.2) is 0 Å². The molecule has 100 valence electrons. The van der Waals surface area contributed by atoms with Gasteiger partial charge >= 0.3 is 0 Å². The number of anilines is 1. The largest absolute Gasteiger partial charge is 0.452 e. The average Bonchev–Trinajstić information content (AvgIpc) is 2.90. The van der Waals surface area contributed by atoms with Crippen LogP contribution < -0.4 is 4.90 Å². The summed E-state index contributed by atoms with van der Waals surface area (Å²) in [5, 5.41) is 0.940. The third-order valence-corrected chi connectivity index (χ3v) is 3.28. The molecule has 0 atom stereocenters. The second kappa shape index (κ2) is 4.85. The molecule has 0 unspecified atom stereocenters. The molecule has 0 aliphatic heterocycles. The Hall–Kier alpha value is -2.55. The third kappa shape index (κ3) is 2.18. The predicted molar refractivity (Wildman–Crippen MR) is 80.4 cm³/mol.